The molecule has 0 aliphatic heterocycles. The Morgan fingerprint density at radius 2 is 1.74 bits per heavy atom. The number of carbonyl (C=O) groups is 1. The molecule has 1 unspecified atom stereocenters. The molecule has 1 atom stereocenters. The van der Waals surface area contributed by atoms with E-state index in [2.05, 4.69) is 15.9 Å². The summed E-state index contributed by atoms with van der Waals surface area (Å²) < 4.78 is 0.906. The van der Waals surface area contributed by atoms with Crippen molar-refractivity contribution in [2.24, 2.45) is 0 Å². The Labute approximate surface area is 119 Å². The number of phenolic OH excluding ortho intramolecular Hbond substituents is 1. The number of carboxylic acids is 1. The Balaban J connectivity index is 2.29. The fraction of sp³-hybridized carbons (Fsp3) is 0.133. The Hall–Kier alpha value is -1.81. The zero-order chi connectivity index (χ0) is 13.8. The molecule has 0 aliphatic carbocycles. The highest BCUT2D eigenvalue weighted by molar-refractivity contribution is 9.10. The van der Waals surface area contributed by atoms with Gasteiger partial charge in [0.05, 0.1) is 5.92 Å². The van der Waals surface area contributed by atoms with Gasteiger partial charge in [-0.2, -0.15) is 0 Å². The summed E-state index contributed by atoms with van der Waals surface area (Å²) in [6, 6.07) is 14.0. The van der Waals surface area contributed by atoms with Crippen molar-refractivity contribution in [2.45, 2.75) is 12.3 Å². The second-order valence-corrected chi connectivity index (χ2v) is 5.19. The molecular formula is C15H13BrO3. The van der Waals surface area contributed by atoms with Gasteiger partial charge in [0, 0.05) is 4.47 Å². The highest BCUT2D eigenvalue weighted by Gasteiger charge is 2.21. The molecule has 4 heteroatoms. The number of rotatable bonds is 4. The molecule has 2 aromatic rings. The predicted molar refractivity (Wildman–Crippen MR) is 76.3 cm³/mol. The standard InChI is InChI=1S/C15H13BrO3/c16-12-7-5-10(6-8-12)13(15(18)19)9-11-3-1-2-4-14(11)17/h1-8,13,17H,9H2,(H,18,19). The lowest BCUT2D eigenvalue weighted by Crippen LogP contribution is -2.14. The lowest BCUT2D eigenvalue weighted by atomic mass is 9.92. The smallest absolute Gasteiger partial charge is 0.311 e. The van der Waals surface area contributed by atoms with E-state index in [1.54, 1.807) is 36.4 Å². The van der Waals surface area contributed by atoms with Crippen LogP contribution in [0, 0.1) is 0 Å². The van der Waals surface area contributed by atoms with Gasteiger partial charge in [-0.15, -0.1) is 0 Å². The van der Waals surface area contributed by atoms with Crippen LogP contribution in [0.2, 0.25) is 0 Å². The van der Waals surface area contributed by atoms with Crippen molar-refractivity contribution >= 4 is 21.9 Å². The molecule has 0 aromatic heterocycles. The lowest BCUT2D eigenvalue weighted by molar-refractivity contribution is -0.138. The maximum absolute atomic E-state index is 11.4. The second kappa shape index (κ2) is 5.89. The first-order valence-corrected chi connectivity index (χ1v) is 6.62. The Bertz CT molecular complexity index is 578. The zero-order valence-corrected chi connectivity index (χ0v) is 11.7. The van der Waals surface area contributed by atoms with Crippen molar-refractivity contribution in [3.63, 3.8) is 0 Å². The zero-order valence-electron chi connectivity index (χ0n) is 10.1. The first kappa shape index (κ1) is 13.6. The molecular weight excluding hydrogens is 308 g/mol. The van der Waals surface area contributed by atoms with Crippen molar-refractivity contribution in [1.82, 2.24) is 0 Å². The third-order valence-electron chi connectivity index (χ3n) is 2.99. The van der Waals surface area contributed by atoms with E-state index >= 15 is 0 Å². The Morgan fingerprint density at radius 1 is 1.11 bits per heavy atom. The van der Waals surface area contributed by atoms with Gasteiger partial charge in [-0.05, 0) is 35.7 Å². The van der Waals surface area contributed by atoms with E-state index in [1.165, 1.54) is 0 Å². The summed E-state index contributed by atoms with van der Waals surface area (Å²) in [6.45, 7) is 0. The molecule has 0 bridgehead atoms. The van der Waals surface area contributed by atoms with Crippen LogP contribution < -0.4 is 0 Å². The van der Waals surface area contributed by atoms with Crippen LogP contribution in [-0.2, 0) is 11.2 Å². The van der Waals surface area contributed by atoms with Gasteiger partial charge in [0.25, 0.3) is 0 Å². The molecule has 0 saturated carbocycles. The van der Waals surface area contributed by atoms with Crippen LogP contribution in [0.3, 0.4) is 0 Å². The molecule has 2 aromatic carbocycles. The van der Waals surface area contributed by atoms with Crippen LogP contribution in [-0.4, -0.2) is 16.2 Å². The third-order valence-corrected chi connectivity index (χ3v) is 3.51. The summed E-state index contributed by atoms with van der Waals surface area (Å²) in [6.07, 6.45) is 0.267. The van der Waals surface area contributed by atoms with Crippen LogP contribution in [0.4, 0.5) is 0 Å². The molecule has 98 valence electrons. The summed E-state index contributed by atoms with van der Waals surface area (Å²) >= 11 is 3.32. The highest BCUT2D eigenvalue weighted by Crippen LogP contribution is 2.27. The Kier molecular flexibility index (Phi) is 4.22. The predicted octanol–water partition coefficient (Wildman–Crippen LogP) is 3.57. The van der Waals surface area contributed by atoms with Crippen LogP contribution in [0.1, 0.15) is 17.0 Å². The van der Waals surface area contributed by atoms with Crippen molar-refractivity contribution in [3.8, 4) is 5.75 Å². The molecule has 3 nitrogen and oxygen atoms in total. The number of para-hydroxylation sites is 1. The molecule has 2 N–H and O–H groups in total. The molecule has 0 fully saturated rings. The maximum Gasteiger partial charge on any atom is 0.311 e. The fourth-order valence-electron chi connectivity index (χ4n) is 1.95. The molecule has 0 spiro atoms. The first-order chi connectivity index (χ1) is 9.08. The third kappa shape index (κ3) is 3.35. The van der Waals surface area contributed by atoms with E-state index in [4.69, 9.17) is 0 Å². The van der Waals surface area contributed by atoms with Gasteiger partial charge >= 0.3 is 5.97 Å². The quantitative estimate of drug-likeness (QED) is 0.905. The fourth-order valence-corrected chi connectivity index (χ4v) is 2.21. The average Bonchev–Trinajstić information content (AvgIpc) is 2.39. The largest absolute Gasteiger partial charge is 0.508 e. The number of hydrogen-bond acceptors (Lipinski definition) is 2. The van der Waals surface area contributed by atoms with Gasteiger partial charge in [-0.25, -0.2) is 0 Å². The minimum Gasteiger partial charge on any atom is -0.508 e. The van der Waals surface area contributed by atoms with Gasteiger partial charge in [0.15, 0.2) is 0 Å². The lowest BCUT2D eigenvalue weighted by Gasteiger charge is -2.14. The monoisotopic (exact) mass is 320 g/mol. The van der Waals surface area contributed by atoms with Gasteiger partial charge in [0.2, 0.25) is 0 Å². The normalized spacial score (nSPS) is 12.1. The number of carboxylic acid groups (broad SMARTS) is 1. The van der Waals surface area contributed by atoms with Crippen molar-refractivity contribution in [2.75, 3.05) is 0 Å². The summed E-state index contributed by atoms with van der Waals surface area (Å²) in [5, 5.41) is 19.1. The molecule has 19 heavy (non-hydrogen) atoms. The molecule has 0 aliphatic rings. The number of hydrogen-bond donors (Lipinski definition) is 2. The van der Waals surface area contributed by atoms with Crippen LogP contribution in [0.25, 0.3) is 0 Å². The first-order valence-electron chi connectivity index (χ1n) is 5.83. The number of aliphatic carboxylic acids is 1. The minimum atomic E-state index is -0.898. The number of halogens is 1. The summed E-state index contributed by atoms with van der Waals surface area (Å²) in [4.78, 5) is 11.4. The molecule has 2 rings (SSSR count). The summed E-state index contributed by atoms with van der Waals surface area (Å²) in [5.74, 6) is -1.43. The van der Waals surface area contributed by atoms with E-state index in [0.717, 1.165) is 10.0 Å². The van der Waals surface area contributed by atoms with Gasteiger partial charge in [-0.1, -0.05) is 46.3 Å². The van der Waals surface area contributed by atoms with E-state index in [9.17, 15) is 15.0 Å². The summed E-state index contributed by atoms with van der Waals surface area (Å²) in [5.41, 5.74) is 1.36. The van der Waals surface area contributed by atoms with Crippen LogP contribution >= 0.6 is 15.9 Å². The van der Waals surface area contributed by atoms with E-state index in [1.807, 2.05) is 12.1 Å². The average molecular weight is 321 g/mol. The van der Waals surface area contributed by atoms with E-state index < -0.39 is 11.9 Å². The maximum atomic E-state index is 11.4. The van der Waals surface area contributed by atoms with E-state index in [-0.39, 0.29) is 12.2 Å². The van der Waals surface area contributed by atoms with Crippen molar-refractivity contribution in [3.05, 3.63) is 64.1 Å². The van der Waals surface area contributed by atoms with Gasteiger partial charge < -0.3 is 10.2 Å². The molecule has 0 saturated heterocycles. The number of aromatic hydroxyl groups is 1. The van der Waals surface area contributed by atoms with Crippen LogP contribution in [0.15, 0.2) is 53.0 Å². The van der Waals surface area contributed by atoms with Crippen molar-refractivity contribution < 1.29 is 15.0 Å². The van der Waals surface area contributed by atoms with Gasteiger partial charge in [-0.3, -0.25) is 4.79 Å². The minimum absolute atomic E-state index is 0.130. The van der Waals surface area contributed by atoms with Crippen LogP contribution in [0.5, 0.6) is 5.75 Å². The van der Waals surface area contributed by atoms with Crippen molar-refractivity contribution in [1.29, 1.82) is 0 Å². The van der Waals surface area contributed by atoms with Gasteiger partial charge in [0.1, 0.15) is 5.75 Å². The molecule has 0 amide bonds. The highest BCUT2D eigenvalue weighted by atomic mass is 79.9. The Morgan fingerprint density at radius 3 is 2.32 bits per heavy atom. The number of phenols is 1. The molecule has 0 heterocycles. The SMILES string of the molecule is O=C(O)C(Cc1ccccc1O)c1ccc(Br)cc1. The van der Waals surface area contributed by atoms with E-state index in [0.29, 0.717) is 5.56 Å². The molecule has 0 radical (unpaired) electrons. The summed E-state index contributed by atoms with van der Waals surface area (Å²) in [7, 11) is 0. The topological polar surface area (TPSA) is 57.5 Å². The second-order valence-electron chi connectivity index (χ2n) is 4.28. The number of benzene rings is 2.